The zero-order chi connectivity index (χ0) is 14.8. The van der Waals surface area contributed by atoms with Gasteiger partial charge in [-0.2, -0.15) is 0 Å². The van der Waals surface area contributed by atoms with Crippen LogP contribution in [-0.4, -0.2) is 54.2 Å². The van der Waals surface area contributed by atoms with Crippen LogP contribution in [0.4, 0.5) is 5.69 Å². The third-order valence-electron chi connectivity index (χ3n) is 4.39. The molecule has 2 aliphatic rings. The molecule has 2 N–H and O–H groups in total. The summed E-state index contributed by atoms with van der Waals surface area (Å²) in [5.74, 6) is 0.471. The first-order chi connectivity index (χ1) is 10.1. The molecule has 114 valence electrons. The first-order valence-electron chi connectivity index (χ1n) is 7.72. The zero-order valence-electron chi connectivity index (χ0n) is 12.5. The van der Waals surface area contributed by atoms with Crippen LogP contribution in [0.2, 0.25) is 0 Å². The Bertz CT molecular complexity index is 508. The zero-order valence-corrected chi connectivity index (χ0v) is 12.5. The van der Waals surface area contributed by atoms with Crippen molar-refractivity contribution >= 4 is 11.6 Å². The maximum absolute atomic E-state index is 12.1. The summed E-state index contributed by atoms with van der Waals surface area (Å²) in [4.78, 5) is 16.5. The number of benzene rings is 1. The monoisotopic (exact) mass is 289 g/mol. The van der Waals surface area contributed by atoms with E-state index in [4.69, 9.17) is 0 Å². The highest BCUT2D eigenvalue weighted by atomic mass is 16.3. The Morgan fingerprint density at radius 3 is 2.52 bits per heavy atom. The van der Waals surface area contributed by atoms with Gasteiger partial charge in [-0.1, -0.05) is 12.1 Å². The second-order valence-corrected chi connectivity index (χ2v) is 5.97. The molecule has 1 aromatic carbocycles. The van der Waals surface area contributed by atoms with Crippen LogP contribution in [0.1, 0.15) is 19.8 Å². The predicted molar refractivity (Wildman–Crippen MR) is 82.5 cm³/mol. The van der Waals surface area contributed by atoms with Crippen LogP contribution in [0.3, 0.4) is 0 Å². The van der Waals surface area contributed by atoms with E-state index in [1.807, 2.05) is 25.1 Å². The number of hydrogen-bond acceptors (Lipinski definition) is 4. The van der Waals surface area contributed by atoms with Gasteiger partial charge >= 0.3 is 0 Å². The number of piperazine rings is 1. The second-order valence-electron chi connectivity index (χ2n) is 5.97. The minimum Gasteiger partial charge on any atom is -0.506 e. The van der Waals surface area contributed by atoms with E-state index < -0.39 is 0 Å². The van der Waals surface area contributed by atoms with Gasteiger partial charge in [-0.15, -0.1) is 0 Å². The molecule has 1 unspecified atom stereocenters. The summed E-state index contributed by atoms with van der Waals surface area (Å²) in [5, 5.41) is 13.0. The lowest BCUT2D eigenvalue weighted by Crippen LogP contribution is -2.54. The number of hydrogen-bond donors (Lipinski definition) is 2. The quantitative estimate of drug-likeness (QED) is 0.874. The smallest absolute Gasteiger partial charge is 0.237 e. The summed E-state index contributed by atoms with van der Waals surface area (Å²) < 4.78 is 0. The van der Waals surface area contributed by atoms with Gasteiger partial charge in [0.15, 0.2) is 0 Å². The number of nitrogens with one attached hydrogen (secondary N) is 1. The van der Waals surface area contributed by atoms with Crippen molar-refractivity contribution in [2.75, 3.05) is 31.1 Å². The highest BCUT2D eigenvalue weighted by Gasteiger charge is 2.30. The standard InChI is InChI=1S/C16H23N3O2/c1-12(16(21)17-13-6-7-13)18-8-10-19(11-9-18)14-4-2-3-5-15(14)20/h2-5,12-13,20H,6-11H2,1H3,(H,17,21). The Kier molecular flexibility index (Phi) is 4.01. The third kappa shape index (κ3) is 3.29. The molecule has 21 heavy (non-hydrogen) atoms. The summed E-state index contributed by atoms with van der Waals surface area (Å²) in [6.45, 7) is 5.33. The number of anilines is 1. The Balaban J connectivity index is 1.54. The van der Waals surface area contributed by atoms with Crippen molar-refractivity contribution in [1.29, 1.82) is 0 Å². The van der Waals surface area contributed by atoms with Gasteiger partial charge in [0.25, 0.3) is 0 Å². The van der Waals surface area contributed by atoms with Crippen molar-refractivity contribution in [2.45, 2.75) is 31.8 Å². The van der Waals surface area contributed by atoms with Crippen molar-refractivity contribution in [3.8, 4) is 5.75 Å². The molecule has 3 rings (SSSR count). The topological polar surface area (TPSA) is 55.8 Å². The second kappa shape index (κ2) is 5.93. The lowest BCUT2D eigenvalue weighted by Gasteiger charge is -2.38. The number of para-hydroxylation sites is 2. The van der Waals surface area contributed by atoms with E-state index in [2.05, 4.69) is 15.1 Å². The number of amides is 1. The molecule has 0 bridgehead atoms. The highest BCUT2D eigenvalue weighted by Crippen LogP contribution is 2.27. The van der Waals surface area contributed by atoms with Gasteiger partial charge in [-0.05, 0) is 31.9 Å². The van der Waals surface area contributed by atoms with E-state index >= 15 is 0 Å². The third-order valence-corrected chi connectivity index (χ3v) is 4.39. The fourth-order valence-corrected chi connectivity index (χ4v) is 2.80. The van der Waals surface area contributed by atoms with Crippen molar-refractivity contribution in [3.63, 3.8) is 0 Å². The fraction of sp³-hybridized carbons (Fsp3) is 0.562. The van der Waals surface area contributed by atoms with Crippen molar-refractivity contribution in [2.24, 2.45) is 0 Å². The van der Waals surface area contributed by atoms with E-state index in [-0.39, 0.29) is 11.9 Å². The van der Waals surface area contributed by atoms with Crippen molar-refractivity contribution < 1.29 is 9.90 Å². The average Bonchev–Trinajstić information content (AvgIpc) is 3.31. The predicted octanol–water partition coefficient (Wildman–Crippen LogP) is 1.18. The van der Waals surface area contributed by atoms with E-state index in [1.54, 1.807) is 6.07 Å². The molecule has 1 atom stereocenters. The van der Waals surface area contributed by atoms with E-state index in [1.165, 1.54) is 0 Å². The van der Waals surface area contributed by atoms with E-state index in [0.29, 0.717) is 11.8 Å². The van der Waals surface area contributed by atoms with Gasteiger partial charge in [0.1, 0.15) is 5.75 Å². The van der Waals surface area contributed by atoms with Crippen LogP contribution in [0.25, 0.3) is 0 Å². The maximum Gasteiger partial charge on any atom is 0.237 e. The van der Waals surface area contributed by atoms with Crippen molar-refractivity contribution in [3.05, 3.63) is 24.3 Å². The van der Waals surface area contributed by atoms with Gasteiger partial charge in [-0.25, -0.2) is 0 Å². The molecule has 5 nitrogen and oxygen atoms in total. The molecular weight excluding hydrogens is 266 g/mol. The van der Waals surface area contributed by atoms with E-state index in [9.17, 15) is 9.90 Å². The normalized spacial score (nSPS) is 21.1. The Morgan fingerprint density at radius 2 is 1.90 bits per heavy atom. The molecule has 0 radical (unpaired) electrons. The first-order valence-corrected chi connectivity index (χ1v) is 7.72. The largest absolute Gasteiger partial charge is 0.506 e. The molecule has 1 saturated heterocycles. The van der Waals surface area contributed by atoms with Crippen LogP contribution in [0.15, 0.2) is 24.3 Å². The molecule has 5 heteroatoms. The minimum atomic E-state index is -0.0721. The number of carbonyl (C=O) groups is 1. The lowest BCUT2D eigenvalue weighted by atomic mass is 10.2. The molecule has 1 aliphatic heterocycles. The summed E-state index contributed by atoms with van der Waals surface area (Å²) >= 11 is 0. The van der Waals surface area contributed by atoms with E-state index in [0.717, 1.165) is 44.7 Å². The Labute approximate surface area is 125 Å². The number of phenolic OH excluding ortho intramolecular Hbond substituents is 1. The number of carbonyl (C=O) groups excluding carboxylic acids is 1. The Morgan fingerprint density at radius 1 is 1.24 bits per heavy atom. The van der Waals surface area contributed by atoms with Crippen LogP contribution in [0.5, 0.6) is 5.75 Å². The summed E-state index contributed by atoms with van der Waals surface area (Å²) in [5.41, 5.74) is 0.882. The minimum absolute atomic E-state index is 0.0721. The van der Waals surface area contributed by atoms with Gasteiger partial charge in [-0.3, -0.25) is 9.69 Å². The van der Waals surface area contributed by atoms with Crippen LogP contribution >= 0.6 is 0 Å². The maximum atomic E-state index is 12.1. The number of nitrogens with zero attached hydrogens (tertiary/aromatic N) is 2. The molecule has 1 amide bonds. The number of rotatable bonds is 4. The highest BCUT2D eigenvalue weighted by molar-refractivity contribution is 5.81. The van der Waals surface area contributed by atoms with Gasteiger partial charge in [0.05, 0.1) is 11.7 Å². The SMILES string of the molecule is CC(C(=O)NC1CC1)N1CCN(c2ccccc2O)CC1. The average molecular weight is 289 g/mol. The molecule has 0 aromatic heterocycles. The summed E-state index contributed by atoms with van der Waals surface area (Å²) in [7, 11) is 0. The molecule has 0 spiro atoms. The summed E-state index contributed by atoms with van der Waals surface area (Å²) in [6.07, 6.45) is 2.25. The Hall–Kier alpha value is -1.75. The molecule has 1 aromatic rings. The summed E-state index contributed by atoms with van der Waals surface area (Å²) in [6, 6.07) is 7.77. The van der Waals surface area contributed by atoms with Crippen LogP contribution in [-0.2, 0) is 4.79 Å². The molecular formula is C16H23N3O2. The number of aromatic hydroxyl groups is 1. The fourth-order valence-electron chi connectivity index (χ4n) is 2.80. The van der Waals surface area contributed by atoms with Crippen LogP contribution in [0, 0.1) is 0 Å². The lowest BCUT2D eigenvalue weighted by molar-refractivity contribution is -0.126. The van der Waals surface area contributed by atoms with Gasteiger partial charge in [0.2, 0.25) is 5.91 Å². The molecule has 1 heterocycles. The van der Waals surface area contributed by atoms with Crippen LogP contribution < -0.4 is 10.2 Å². The van der Waals surface area contributed by atoms with Gasteiger partial charge in [0, 0.05) is 32.2 Å². The molecule has 1 saturated carbocycles. The molecule has 1 aliphatic carbocycles. The first kappa shape index (κ1) is 14.2. The number of phenols is 1. The van der Waals surface area contributed by atoms with Crippen molar-refractivity contribution in [1.82, 2.24) is 10.2 Å². The molecule has 2 fully saturated rings. The van der Waals surface area contributed by atoms with Gasteiger partial charge < -0.3 is 15.3 Å².